The molecular formula is C11H16N4O3. The monoisotopic (exact) mass is 252 g/mol. The summed E-state index contributed by atoms with van der Waals surface area (Å²) in [6.45, 7) is 2.90. The van der Waals surface area contributed by atoms with Gasteiger partial charge in [0.25, 0.3) is 0 Å². The normalized spacial score (nSPS) is 15.4. The summed E-state index contributed by atoms with van der Waals surface area (Å²) in [6.07, 6.45) is 2.06. The van der Waals surface area contributed by atoms with Crippen LogP contribution in [0.4, 0.5) is 0 Å². The van der Waals surface area contributed by atoms with E-state index in [-0.39, 0.29) is 12.5 Å². The minimum atomic E-state index is -0.946. The van der Waals surface area contributed by atoms with E-state index in [2.05, 4.69) is 10.1 Å². The maximum absolute atomic E-state index is 11.5. The maximum Gasteiger partial charge on any atom is 0.325 e. The van der Waals surface area contributed by atoms with Gasteiger partial charge in [-0.3, -0.25) is 9.59 Å². The lowest BCUT2D eigenvalue weighted by Crippen LogP contribution is -2.28. The first-order chi connectivity index (χ1) is 8.56. The maximum atomic E-state index is 11.5. The first-order valence-corrected chi connectivity index (χ1v) is 5.96. The fraction of sp³-hybridized carbons (Fsp3) is 0.636. The van der Waals surface area contributed by atoms with E-state index in [0.29, 0.717) is 31.0 Å². The van der Waals surface area contributed by atoms with E-state index in [4.69, 9.17) is 5.11 Å². The van der Waals surface area contributed by atoms with Crippen LogP contribution in [0.3, 0.4) is 0 Å². The molecule has 0 atom stereocenters. The van der Waals surface area contributed by atoms with Gasteiger partial charge in [-0.1, -0.05) is 0 Å². The van der Waals surface area contributed by atoms with Crippen LogP contribution in [0.5, 0.6) is 0 Å². The predicted octanol–water partition coefficient (Wildman–Crippen LogP) is -0.164. The summed E-state index contributed by atoms with van der Waals surface area (Å²) in [5, 5.41) is 12.8. The molecule has 0 saturated carbocycles. The topological polar surface area (TPSA) is 88.3 Å². The Kier molecular flexibility index (Phi) is 3.59. The quantitative estimate of drug-likeness (QED) is 0.786. The molecule has 1 saturated heterocycles. The summed E-state index contributed by atoms with van der Waals surface area (Å²) in [6, 6.07) is 0. The third kappa shape index (κ3) is 2.85. The first-order valence-electron chi connectivity index (χ1n) is 5.96. The molecule has 1 aliphatic rings. The molecule has 0 aromatic carbocycles. The van der Waals surface area contributed by atoms with Crippen molar-refractivity contribution in [3.8, 4) is 0 Å². The molecular weight excluding hydrogens is 236 g/mol. The third-order valence-corrected chi connectivity index (χ3v) is 2.92. The van der Waals surface area contributed by atoms with Crippen molar-refractivity contribution in [2.45, 2.75) is 32.7 Å². The highest BCUT2D eigenvalue weighted by Crippen LogP contribution is 2.10. The molecule has 1 aromatic heterocycles. The SMILES string of the molecule is Cc1nc(CCN2CCCC2=O)n(CC(=O)O)n1. The van der Waals surface area contributed by atoms with E-state index in [0.717, 1.165) is 13.0 Å². The van der Waals surface area contributed by atoms with Crippen LogP contribution in [0.25, 0.3) is 0 Å². The Morgan fingerprint density at radius 1 is 1.50 bits per heavy atom. The second-order valence-electron chi connectivity index (χ2n) is 4.36. The second kappa shape index (κ2) is 5.16. The summed E-state index contributed by atoms with van der Waals surface area (Å²) in [4.78, 5) is 28.1. The van der Waals surface area contributed by atoms with Crippen LogP contribution in [0.15, 0.2) is 0 Å². The number of hydrogen-bond acceptors (Lipinski definition) is 4. The van der Waals surface area contributed by atoms with Crippen molar-refractivity contribution < 1.29 is 14.7 Å². The fourth-order valence-electron chi connectivity index (χ4n) is 2.11. The predicted molar refractivity (Wildman–Crippen MR) is 61.9 cm³/mol. The standard InChI is InChI=1S/C11H16N4O3/c1-8-12-9(15(13-8)7-11(17)18)4-6-14-5-2-3-10(14)16/h2-7H2,1H3,(H,17,18). The molecule has 1 amide bonds. The summed E-state index contributed by atoms with van der Waals surface area (Å²) in [5.41, 5.74) is 0. The van der Waals surface area contributed by atoms with Crippen molar-refractivity contribution >= 4 is 11.9 Å². The van der Waals surface area contributed by atoms with E-state index in [1.54, 1.807) is 11.8 Å². The van der Waals surface area contributed by atoms with Gasteiger partial charge < -0.3 is 10.0 Å². The highest BCUT2D eigenvalue weighted by molar-refractivity contribution is 5.78. The molecule has 1 fully saturated rings. The number of carbonyl (C=O) groups excluding carboxylic acids is 1. The van der Waals surface area contributed by atoms with Crippen molar-refractivity contribution in [2.75, 3.05) is 13.1 Å². The molecule has 18 heavy (non-hydrogen) atoms. The number of aryl methyl sites for hydroxylation is 1. The summed E-state index contributed by atoms with van der Waals surface area (Å²) >= 11 is 0. The van der Waals surface area contributed by atoms with Crippen LogP contribution >= 0.6 is 0 Å². The number of likely N-dealkylation sites (tertiary alicyclic amines) is 1. The number of amides is 1. The Bertz CT molecular complexity index is 469. The summed E-state index contributed by atoms with van der Waals surface area (Å²) in [5.74, 6) is 0.392. The highest BCUT2D eigenvalue weighted by Gasteiger charge is 2.20. The molecule has 98 valence electrons. The van der Waals surface area contributed by atoms with E-state index < -0.39 is 5.97 Å². The molecule has 1 aromatic rings. The van der Waals surface area contributed by atoms with Crippen LogP contribution in [-0.4, -0.2) is 49.7 Å². The summed E-state index contributed by atoms with van der Waals surface area (Å²) in [7, 11) is 0. The Morgan fingerprint density at radius 3 is 2.89 bits per heavy atom. The van der Waals surface area contributed by atoms with Crippen molar-refractivity contribution in [2.24, 2.45) is 0 Å². The van der Waals surface area contributed by atoms with Crippen LogP contribution in [0, 0.1) is 6.92 Å². The third-order valence-electron chi connectivity index (χ3n) is 2.92. The molecule has 0 aliphatic carbocycles. The average Bonchev–Trinajstić information content (AvgIpc) is 2.82. The number of aromatic nitrogens is 3. The number of rotatable bonds is 5. The van der Waals surface area contributed by atoms with E-state index in [9.17, 15) is 9.59 Å². The Labute approximate surface area is 104 Å². The number of carboxylic acids is 1. The zero-order valence-electron chi connectivity index (χ0n) is 10.3. The molecule has 2 heterocycles. The Hall–Kier alpha value is -1.92. The van der Waals surface area contributed by atoms with Gasteiger partial charge in [0.05, 0.1) is 0 Å². The molecule has 1 aliphatic heterocycles. The molecule has 0 spiro atoms. The zero-order chi connectivity index (χ0) is 13.1. The first kappa shape index (κ1) is 12.5. The highest BCUT2D eigenvalue weighted by atomic mass is 16.4. The van der Waals surface area contributed by atoms with Crippen LogP contribution < -0.4 is 0 Å². The van der Waals surface area contributed by atoms with Gasteiger partial charge in [-0.2, -0.15) is 5.10 Å². The van der Waals surface area contributed by atoms with Crippen LogP contribution in [-0.2, 0) is 22.6 Å². The number of carboxylic acid groups (broad SMARTS) is 1. The number of aliphatic carboxylic acids is 1. The minimum Gasteiger partial charge on any atom is -0.480 e. The molecule has 7 heteroatoms. The van der Waals surface area contributed by atoms with Gasteiger partial charge in [0, 0.05) is 25.9 Å². The largest absolute Gasteiger partial charge is 0.480 e. The van der Waals surface area contributed by atoms with Crippen molar-refractivity contribution in [1.82, 2.24) is 19.7 Å². The van der Waals surface area contributed by atoms with Crippen molar-refractivity contribution in [3.63, 3.8) is 0 Å². The minimum absolute atomic E-state index is 0.163. The molecule has 7 nitrogen and oxygen atoms in total. The zero-order valence-corrected chi connectivity index (χ0v) is 10.3. The fourth-order valence-corrected chi connectivity index (χ4v) is 2.11. The van der Waals surface area contributed by atoms with Gasteiger partial charge in [0.1, 0.15) is 18.2 Å². The van der Waals surface area contributed by atoms with Crippen molar-refractivity contribution in [1.29, 1.82) is 0 Å². The second-order valence-corrected chi connectivity index (χ2v) is 4.36. The van der Waals surface area contributed by atoms with E-state index in [1.165, 1.54) is 4.68 Å². The number of nitrogens with zero attached hydrogens (tertiary/aromatic N) is 4. The van der Waals surface area contributed by atoms with E-state index >= 15 is 0 Å². The van der Waals surface area contributed by atoms with Gasteiger partial charge in [-0.15, -0.1) is 0 Å². The van der Waals surface area contributed by atoms with Crippen LogP contribution in [0.2, 0.25) is 0 Å². The average molecular weight is 252 g/mol. The Morgan fingerprint density at radius 2 is 2.28 bits per heavy atom. The van der Waals surface area contributed by atoms with Crippen LogP contribution in [0.1, 0.15) is 24.5 Å². The molecule has 0 bridgehead atoms. The molecule has 1 N–H and O–H groups in total. The smallest absolute Gasteiger partial charge is 0.325 e. The lowest BCUT2D eigenvalue weighted by Gasteiger charge is -2.14. The lowest BCUT2D eigenvalue weighted by atomic mass is 10.3. The summed E-state index contributed by atoms with van der Waals surface area (Å²) < 4.78 is 1.39. The van der Waals surface area contributed by atoms with Gasteiger partial charge in [-0.05, 0) is 13.3 Å². The molecule has 0 radical (unpaired) electrons. The number of carbonyl (C=O) groups is 2. The number of hydrogen-bond donors (Lipinski definition) is 1. The molecule has 0 unspecified atom stereocenters. The van der Waals surface area contributed by atoms with E-state index in [1.807, 2.05) is 0 Å². The van der Waals surface area contributed by atoms with Gasteiger partial charge in [0.2, 0.25) is 5.91 Å². The van der Waals surface area contributed by atoms with Gasteiger partial charge in [0.15, 0.2) is 0 Å². The Balaban J connectivity index is 1.99. The molecule has 2 rings (SSSR count). The van der Waals surface area contributed by atoms with Gasteiger partial charge >= 0.3 is 5.97 Å². The van der Waals surface area contributed by atoms with Crippen molar-refractivity contribution in [3.05, 3.63) is 11.6 Å². The lowest BCUT2D eigenvalue weighted by molar-refractivity contribution is -0.138. The van der Waals surface area contributed by atoms with Gasteiger partial charge in [-0.25, -0.2) is 9.67 Å².